The standard InChI is InChI=1S/C23H26BrN3O2/c1-16-7-3-4-8-18(16)14-27(17(2)28)15-20(26-23(29)12-24)11-19-13-25-22-10-6-5-9-21(19)22/h3-10,13,20,25H,11-12,14-15H2,1-2H3,(H,26,29). The number of carbonyl (C=O) groups is 2. The van der Waals surface area contributed by atoms with Crippen molar-refractivity contribution in [2.75, 3.05) is 11.9 Å². The molecule has 1 atom stereocenters. The van der Waals surface area contributed by atoms with Gasteiger partial charge in [0.1, 0.15) is 0 Å². The van der Waals surface area contributed by atoms with Crippen LogP contribution in [0.4, 0.5) is 0 Å². The monoisotopic (exact) mass is 455 g/mol. The molecule has 1 aromatic heterocycles. The van der Waals surface area contributed by atoms with E-state index >= 15 is 0 Å². The highest BCUT2D eigenvalue weighted by molar-refractivity contribution is 9.09. The lowest BCUT2D eigenvalue weighted by Gasteiger charge is -2.28. The minimum atomic E-state index is -0.188. The van der Waals surface area contributed by atoms with Gasteiger partial charge in [-0.2, -0.15) is 0 Å². The highest BCUT2D eigenvalue weighted by Crippen LogP contribution is 2.20. The third-order valence-corrected chi connectivity index (χ3v) is 5.65. The molecule has 1 unspecified atom stereocenters. The number of hydrogen-bond donors (Lipinski definition) is 2. The van der Waals surface area contributed by atoms with Gasteiger partial charge in [-0.1, -0.05) is 58.4 Å². The van der Waals surface area contributed by atoms with Gasteiger partial charge in [0.25, 0.3) is 0 Å². The number of H-pyrrole nitrogens is 1. The van der Waals surface area contributed by atoms with E-state index in [9.17, 15) is 9.59 Å². The van der Waals surface area contributed by atoms with Gasteiger partial charge in [0.05, 0.1) is 11.4 Å². The number of alkyl halides is 1. The molecule has 0 saturated carbocycles. The van der Waals surface area contributed by atoms with Gasteiger partial charge in [-0.3, -0.25) is 9.59 Å². The lowest BCUT2D eigenvalue weighted by Crippen LogP contribution is -2.46. The number of amides is 2. The molecule has 0 aliphatic rings. The van der Waals surface area contributed by atoms with Crippen LogP contribution in [0.5, 0.6) is 0 Å². The number of benzene rings is 2. The fraction of sp³-hybridized carbons (Fsp3) is 0.304. The van der Waals surface area contributed by atoms with Crippen LogP contribution < -0.4 is 5.32 Å². The second-order valence-corrected chi connectivity index (χ2v) is 7.85. The molecule has 152 valence electrons. The molecule has 0 fully saturated rings. The summed E-state index contributed by atoms with van der Waals surface area (Å²) in [6.07, 6.45) is 2.62. The molecule has 5 nitrogen and oxygen atoms in total. The second-order valence-electron chi connectivity index (χ2n) is 7.29. The summed E-state index contributed by atoms with van der Waals surface area (Å²) in [4.78, 5) is 29.6. The molecular weight excluding hydrogens is 430 g/mol. The number of aromatic nitrogens is 1. The molecule has 2 aromatic carbocycles. The molecule has 2 N–H and O–H groups in total. The number of para-hydroxylation sites is 1. The average molecular weight is 456 g/mol. The van der Waals surface area contributed by atoms with Crippen molar-refractivity contribution < 1.29 is 9.59 Å². The maximum absolute atomic E-state index is 12.4. The molecule has 0 aliphatic heterocycles. The van der Waals surface area contributed by atoms with Gasteiger partial charge in [-0.15, -0.1) is 0 Å². The predicted molar refractivity (Wildman–Crippen MR) is 120 cm³/mol. The zero-order valence-corrected chi connectivity index (χ0v) is 18.3. The Hall–Kier alpha value is -2.60. The second kappa shape index (κ2) is 9.74. The highest BCUT2D eigenvalue weighted by atomic mass is 79.9. The Morgan fingerprint density at radius 1 is 1.10 bits per heavy atom. The lowest BCUT2D eigenvalue weighted by atomic mass is 10.0. The zero-order valence-electron chi connectivity index (χ0n) is 16.7. The van der Waals surface area contributed by atoms with Crippen LogP contribution in [0.1, 0.15) is 23.6 Å². The van der Waals surface area contributed by atoms with Crippen molar-refractivity contribution >= 4 is 38.6 Å². The van der Waals surface area contributed by atoms with E-state index in [1.54, 1.807) is 11.8 Å². The van der Waals surface area contributed by atoms with Crippen molar-refractivity contribution in [2.24, 2.45) is 0 Å². The summed E-state index contributed by atoms with van der Waals surface area (Å²) >= 11 is 3.22. The number of carbonyl (C=O) groups excluding carboxylic acids is 2. The van der Waals surface area contributed by atoms with E-state index in [-0.39, 0.29) is 23.2 Å². The van der Waals surface area contributed by atoms with Crippen LogP contribution >= 0.6 is 15.9 Å². The third kappa shape index (κ3) is 5.48. The van der Waals surface area contributed by atoms with Crippen molar-refractivity contribution in [3.8, 4) is 0 Å². The summed E-state index contributed by atoms with van der Waals surface area (Å²) in [5.41, 5.74) is 4.45. The Bertz CT molecular complexity index is 998. The quantitative estimate of drug-likeness (QED) is 0.505. The van der Waals surface area contributed by atoms with Gasteiger partial charge in [-0.05, 0) is 36.1 Å². The lowest BCUT2D eigenvalue weighted by molar-refractivity contribution is -0.130. The first-order chi connectivity index (χ1) is 14.0. The summed E-state index contributed by atoms with van der Waals surface area (Å²) in [6.45, 7) is 4.59. The van der Waals surface area contributed by atoms with Crippen LogP contribution in [0, 0.1) is 6.92 Å². The molecule has 0 aliphatic carbocycles. The van der Waals surface area contributed by atoms with Crippen LogP contribution in [0.2, 0.25) is 0 Å². The fourth-order valence-electron chi connectivity index (χ4n) is 3.56. The van der Waals surface area contributed by atoms with Gasteiger partial charge < -0.3 is 15.2 Å². The van der Waals surface area contributed by atoms with Crippen LogP contribution in [0.25, 0.3) is 10.9 Å². The maximum Gasteiger partial charge on any atom is 0.230 e. The van der Waals surface area contributed by atoms with Gasteiger partial charge in [0, 0.05) is 37.1 Å². The Labute approximate surface area is 179 Å². The van der Waals surface area contributed by atoms with E-state index in [1.165, 1.54) is 0 Å². The van der Waals surface area contributed by atoms with Gasteiger partial charge in [0.15, 0.2) is 0 Å². The first-order valence-electron chi connectivity index (χ1n) is 9.68. The van der Waals surface area contributed by atoms with Crippen molar-refractivity contribution in [1.29, 1.82) is 0 Å². The Kier molecular flexibility index (Phi) is 7.09. The molecule has 0 spiro atoms. The molecule has 3 aromatic rings. The summed E-state index contributed by atoms with van der Waals surface area (Å²) in [6, 6.07) is 16.0. The highest BCUT2D eigenvalue weighted by Gasteiger charge is 2.20. The van der Waals surface area contributed by atoms with E-state index in [0.717, 1.165) is 27.6 Å². The maximum atomic E-state index is 12.4. The molecule has 1 heterocycles. The normalized spacial score (nSPS) is 12.0. The summed E-state index contributed by atoms with van der Waals surface area (Å²) < 4.78 is 0. The molecule has 0 saturated heterocycles. The van der Waals surface area contributed by atoms with Gasteiger partial charge >= 0.3 is 0 Å². The number of aryl methyl sites for hydroxylation is 1. The van der Waals surface area contributed by atoms with Crippen LogP contribution in [0.15, 0.2) is 54.7 Å². The van der Waals surface area contributed by atoms with Gasteiger partial charge in [-0.25, -0.2) is 0 Å². The SMILES string of the molecule is CC(=O)N(Cc1ccccc1C)CC(Cc1c[nH]c2ccccc12)NC(=O)CBr. The topological polar surface area (TPSA) is 65.2 Å². The van der Waals surface area contributed by atoms with E-state index in [0.29, 0.717) is 19.5 Å². The first kappa shape index (κ1) is 21.1. The number of halogens is 1. The molecule has 29 heavy (non-hydrogen) atoms. The van der Waals surface area contributed by atoms with Crippen molar-refractivity contribution in [1.82, 2.24) is 15.2 Å². The zero-order chi connectivity index (χ0) is 20.8. The van der Waals surface area contributed by atoms with Gasteiger partial charge in [0.2, 0.25) is 11.8 Å². The number of hydrogen-bond acceptors (Lipinski definition) is 2. The Morgan fingerprint density at radius 3 is 2.55 bits per heavy atom. The average Bonchev–Trinajstić information content (AvgIpc) is 3.11. The fourth-order valence-corrected chi connectivity index (χ4v) is 3.72. The number of rotatable bonds is 8. The van der Waals surface area contributed by atoms with Crippen LogP contribution in [0.3, 0.4) is 0 Å². The third-order valence-electron chi connectivity index (χ3n) is 5.14. The summed E-state index contributed by atoms with van der Waals surface area (Å²) in [5.74, 6) is -0.0977. The van der Waals surface area contributed by atoms with Crippen LogP contribution in [-0.4, -0.2) is 39.6 Å². The number of fused-ring (bicyclic) bond motifs is 1. The van der Waals surface area contributed by atoms with Crippen molar-refractivity contribution in [3.63, 3.8) is 0 Å². The summed E-state index contributed by atoms with van der Waals surface area (Å²) in [7, 11) is 0. The number of aromatic amines is 1. The molecule has 2 amide bonds. The Morgan fingerprint density at radius 2 is 1.83 bits per heavy atom. The van der Waals surface area contributed by atoms with E-state index in [1.807, 2.05) is 55.6 Å². The largest absolute Gasteiger partial charge is 0.361 e. The van der Waals surface area contributed by atoms with E-state index < -0.39 is 0 Å². The van der Waals surface area contributed by atoms with E-state index in [2.05, 4.69) is 32.3 Å². The molecule has 3 rings (SSSR count). The predicted octanol–water partition coefficient (Wildman–Crippen LogP) is 3.95. The summed E-state index contributed by atoms with van der Waals surface area (Å²) in [5, 5.41) is 4.43. The smallest absolute Gasteiger partial charge is 0.230 e. The van der Waals surface area contributed by atoms with Crippen molar-refractivity contribution in [2.45, 2.75) is 32.9 Å². The molecule has 0 bridgehead atoms. The molecular formula is C23H26BrN3O2. The molecule has 0 radical (unpaired) electrons. The minimum absolute atomic E-state index is 0.00901. The van der Waals surface area contributed by atoms with Crippen LogP contribution in [-0.2, 0) is 22.6 Å². The number of nitrogens with zero attached hydrogens (tertiary/aromatic N) is 1. The van der Waals surface area contributed by atoms with Crippen molar-refractivity contribution in [3.05, 3.63) is 71.4 Å². The molecule has 6 heteroatoms. The Balaban J connectivity index is 1.81. The minimum Gasteiger partial charge on any atom is -0.361 e. The van der Waals surface area contributed by atoms with E-state index in [4.69, 9.17) is 0 Å². The first-order valence-corrected chi connectivity index (χ1v) is 10.8. The number of nitrogens with one attached hydrogen (secondary N) is 2.